The molecule has 0 aliphatic rings. The maximum Gasteiger partial charge on any atom is 0.328 e. The van der Waals surface area contributed by atoms with Crippen molar-refractivity contribution in [2.75, 3.05) is 26.9 Å². The first-order valence-electron chi connectivity index (χ1n) is 7.38. The van der Waals surface area contributed by atoms with Crippen LogP contribution in [0.25, 0.3) is 10.4 Å². The van der Waals surface area contributed by atoms with Gasteiger partial charge in [0.05, 0.1) is 13.7 Å². The second-order valence-electron chi connectivity index (χ2n) is 5.03. The molecule has 0 fully saturated rings. The molecule has 0 aromatic heterocycles. The molecule has 1 aromatic carbocycles. The molecule has 0 saturated heterocycles. The van der Waals surface area contributed by atoms with Gasteiger partial charge in [-0.05, 0) is 23.2 Å². The lowest BCUT2D eigenvalue weighted by atomic mass is 10.1. The fourth-order valence-corrected chi connectivity index (χ4v) is 1.87. The Kier molecular flexibility index (Phi) is 8.80. The van der Waals surface area contributed by atoms with E-state index in [-0.39, 0.29) is 13.0 Å². The Bertz CT molecular complexity index is 615. The zero-order chi connectivity index (χ0) is 18.7. The molecule has 3 N–H and O–H groups in total. The fourth-order valence-electron chi connectivity index (χ4n) is 1.87. The topological polar surface area (TPSA) is 154 Å². The minimum atomic E-state index is -0.963. The summed E-state index contributed by atoms with van der Waals surface area (Å²) in [4.78, 5) is 25.9. The zero-order valence-corrected chi connectivity index (χ0v) is 13.7. The second-order valence-corrected chi connectivity index (χ2v) is 5.03. The highest BCUT2D eigenvalue weighted by molar-refractivity contribution is 5.85. The SMILES string of the molecule is COC(=O)[C@H](Cc1ccc(OCC(O)CO)cc1)NC(=O)CN=[N+]=[N-]. The minimum Gasteiger partial charge on any atom is -0.491 e. The van der Waals surface area contributed by atoms with Crippen molar-refractivity contribution in [2.24, 2.45) is 5.11 Å². The number of aliphatic hydroxyl groups is 2. The van der Waals surface area contributed by atoms with Gasteiger partial charge in [-0.2, -0.15) is 0 Å². The number of hydrogen-bond acceptors (Lipinski definition) is 7. The number of hydrogen-bond donors (Lipinski definition) is 3. The van der Waals surface area contributed by atoms with E-state index in [1.54, 1.807) is 24.3 Å². The van der Waals surface area contributed by atoms with Gasteiger partial charge in [0.15, 0.2) is 0 Å². The third kappa shape index (κ3) is 7.53. The molecule has 136 valence electrons. The van der Waals surface area contributed by atoms with Crippen LogP contribution in [0, 0.1) is 0 Å². The van der Waals surface area contributed by atoms with E-state index in [9.17, 15) is 14.7 Å². The van der Waals surface area contributed by atoms with Crippen LogP contribution in [0.5, 0.6) is 5.75 Å². The Morgan fingerprint density at radius 3 is 2.60 bits per heavy atom. The zero-order valence-electron chi connectivity index (χ0n) is 13.7. The molecule has 0 saturated carbocycles. The third-order valence-corrected chi connectivity index (χ3v) is 3.11. The van der Waals surface area contributed by atoms with Gasteiger partial charge in [0.25, 0.3) is 0 Å². The van der Waals surface area contributed by atoms with Crippen LogP contribution in [0.15, 0.2) is 29.4 Å². The summed E-state index contributed by atoms with van der Waals surface area (Å²) >= 11 is 0. The summed E-state index contributed by atoms with van der Waals surface area (Å²) in [5.41, 5.74) is 8.94. The van der Waals surface area contributed by atoms with Gasteiger partial charge in [-0.25, -0.2) is 4.79 Å². The lowest BCUT2D eigenvalue weighted by Gasteiger charge is -2.16. The van der Waals surface area contributed by atoms with Crippen LogP contribution in [0.1, 0.15) is 5.56 Å². The Morgan fingerprint density at radius 1 is 1.36 bits per heavy atom. The number of ether oxygens (including phenoxy) is 2. The largest absolute Gasteiger partial charge is 0.491 e. The van der Waals surface area contributed by atoms with Gasteiger partial charge in [0.1, 0.15) is 31.0 Å². The van der Waals surface area contributed by atoms with Crippen molar-refractivity contribution < 1.29 is 29.3 Å². The number of carbonyl (C=O) groups excluding carboxylic acids is 2. The summed E-state index contributed by atoms with van der Waals surface area (Å²) in [5, 5.41) is 23.5. The van der Waals surface area contributed by atoms with E-state index in [1.165, 1.54) is 7.11 Å². The first-order valence-corrected chi connectivity index (χ1v) is 7.38. The molecule has 0 heterocycles. The van der Waals surface area contributed by atoms with Crippen molar-refractivity contribution in [2.45, 2.75) is 18.6 Å². The van der Waals surface area contributed by atoms with Crippen molar-refractivity contribution in [1.29, 1.82) is 0 Å². The highest BCUT2D eigenvalue weighted by atomic mass is 16.5. The van der Waals surface area contributed by atoms with Gasteiger partial charge < -0.3 is 25.0 Å². The number of nitrogens with zero attached hydrogens (tertiary/aromatic N) is 3. The fraction of sp³-hybridized carbons (Fsp3) is 0.467. The number of rotatable bonds is 10. The summed E-state index contributed by atoms with van der Waals surface area (Å²) < 4.78 is 9.94. The van der Waals surface area contributed by atoms with Crippen LogP contribution in [0.2, 0.25) is 0 Å². The van der Waals surface area contributed by atoms with Gasteiger partial charge in [-0.15, -0.1) is 0 Å². The van der Waals surface area contributed by atoms with Gasteiger partial charge in [-0.1, -0.05) is 17.2 Å². The number of benzene rings is 1. The predicted octanol–water partition coefficient (Wildman–Crippen LogP) is -0.0708. The van der Waals surface area contributed by atoms with Crippen LogP contribution < -0.4 is 10.1 Å². The number of carbonyl (C=O) groups is 2. The molecular weight excluding hydrogens is 332 g/mol. The molecule has 0 aliphatic heterocycles. The standard InChI is InChI=1S/C15H20N4O6/c1-24-15(23)13(18-14(22)7-17-19-16)6-10-2-4-12(5-3-10)25-9-11(21)8-20/h2-5,11,13,20-21H,6-9H2,1H3,(H,18,22)/t11?,13-/m0/s1. The summed E-state index contributed by atoms with van der Waals surface area (Å²) in [6.07, 6.45) is -0.788. The summed E-state index contributed by atoms with van der Waals surface area (Å²) in [5.74, 6) is -0.731. The van der Waals surface area contributed by atoms with E-state index in [1.807, 2.05) is 0 Å². The van der Waals surface area contributed by atoms with Crippen molar-refractivity contribution in [3.8, 4) is 5.75 Å². The second kappa shape index (κ2) is 10.9. The van der Waals surface area contributed by atoms with Gasteiger partial charge in [0.2, 0.25) is 5.91 Å². The van der Waals surface area contributed by atoms with E-state index >= 15 is 0 Å². The average Bonchev–Trinajstić information content (AvgIpc) is 2.64. The van der Waals surface area contributed by atoms with Crippen molar-refractivity contribution in [3.05, 3.63) is 40.3 Å². The molecule has 1 aromatic rings. The van der Waals surface area contributed by atoms with Crippen LogP contribution in [0.4, 0.5) is 0 Å². The quantitative estimate of drug-likeness (QED) is 0.232. The molecule has 0 bridgehead atoms. The smallest absolute Gasteiger partial charge is 0.328 e. The maximum absolute atomic E-state index is 11.8. The van der Waals surface area contributed by atoms with Crippen LogP contribution in [-0.2, 0) is 20.7 Å². The van der Waals surface area contributed by atoms with Gasteiger partial charge in [-0.3, -0.25) is 4.79 Å². The molecule has 1 rings (SSSR count). The number of esters is 1. The van der Waals surface area contributed by atoms with E-state index < -0.39 is 37.2 Å². The van der Waals surface area contributed by atoms with Crippen LogP contribution >= 0.6 is 0 Å². The summed E-state index contributed by atoms with van der Waals surface area (Å²) in [7, 11) is 1.21. The Balaban J connectivity index is 2.68. The molecule has 10 heteroatoms. The molecule has 25 heavy (non-hydrogen) atoms. The normalized spacial score (nSPS) is 12.4. The molecule has 1 amide bonds. The Morgan fingerprint density at radius 2 is 2.04 bits per heavy atom. The molecule has 10 nitrogen and oxygen atoms in total. The third-order valence-electron chi connectivity index (χ3n) is 3.11. The van der Waals surface area contributed by atoms with Gasteiger partial charge in [0, 0.05) is 11.3 Å². The first kappa shape index (κ1) is 20.2. The maximum atomic E-state index is 11.8. The highest BCUT2D eigenvalue weighted by Gasteiger charge is 2.21. The van der Waals surface area contributed by atoms with Crippen molar-refractivity contribution >= 4 is 11.9 Å². The minimum absolute atomic E-state index is 0.0455. The van der Waals surface area contributed by atoms with E-state index in [2.05, 4.69) is 20.1 Å². The lowest BCUT2D eigenvalue weighted by Crippen LogP contribution is -2.43. The van der Waals surface area contributed by atoms with Crippen molar-refractivity contribution in [1.82, 2.24) is 5.32 Å². The number of azide groups is 1. The monoisotopic (exact) mass is 352 g/mol. The van der Waals surface area contributed by atoms with Gasteiger partial charge >= 0.3 is 5.97 Å². The van der Waals surface area contributed by atoms with Crippen LogP contribution in [0.3, 0.4) is 0 Å². The number of nitrogens with one attached hydrogen (secondary N) is 1. The number of methoxy groups -OCH3 is 1. The molecule has 2 atom stereocenters. The van der Waals surface area contributed by atoms with Crippen molar-refractivity contribution in [3.63, 3.8) is 0 Å². The average molecular weight is 352 g/mol. The van der Waals surface area contributed by atoms with E-state index in [0.717, 1.165) is 5.56 Å². The molecule has 1 unspecified atom stereocenters. The highest BCUT2D eigenvalue weighted by Crippen LogP contribution is 2.14. The first-order chi connectivity index (χ1) is 12.0. The predicted molar refractivity (Wildman–Crippen MR) is 86.7 cm³/mol. The summed E-state index contributed by atoms with van der Waals surface area (Å²) in [6.45, 7) is -0.853. The van der Waals surface area contributed by atoms with E-state index in [0.29, 0.717) is 5.75 Å². The lowest BCUT2D eigenvalue weighted by molar-refractivity contribution is -0.144. The van der Waals surface area contributed by atoms with E-state index in [4.69, 9.17) is 15.4 Å². The molecular formula is C15H20N4O6. The summed E-state index contributed by atoms with van der Waals surface area (Å²) in [6, 6.07) is 5.73. The molecule has 0 aliphatic carbocycles. The number of amides is 1. The number of aliphatic hydroxyl groups excluding tert-OH is 2. The van der Waals surface area contributed by atoms with Crippen LogP contribution in [-0.4, -0.2) is 61.1 Å². The Labute approximate surface area is 144 Å². The molecule has 0 radical (unpaired) electrons. The molecule has 0 spiro atoms. The Hall–Kier alpha value is -2.81.